The summed E-state index contributed by atoms with van der Waals surface area (Å²) >= 11 is 0. The Hall–Kier alpha value is -1.23. The monoisotopic (exact) mass is 344 g/mol. The van der Waals surface area contributed by atoms with Crippen molar-refractivity contribution in [2.45, 2.75) is 6.92 Å². The molecule has 0 radical (unpaired) electrons. The van der Waals surface area contributed by atoms with Gasteiger partial charge in [-0.2, -0.15) is 0 Å². The second kappa shape index (κ2) is 14.4. The van der Waals surface area contributed by atoms with Gasteiger partial charge in [0.1, 0.15) is 6.61 Å². The molecular weight excluding hydrogens is 323 g/mol. The molecule has 0 unspecified atom stereocenters. The molecule has 0 aromatic rings. The third-order valence-electron chi connectivity index (χ3n) is 2.23. The van der Waals surface area contributed by atoms with Crippen LogP contribution < -0.4 is 0 Å². The van der Waals surface area contributed by atoms with Crippen LogP contribution in [-0.4, -0.2) is 99.4 Å². The van der Waals surface area contributed by atoms with E-state index in [-0.39, 0.29) is 41.7 Å². The molecular formula is C13H21NaO9. The average molecular weight is 344 g/mol. The Balaban J connectivity index is -0.000000382. The Labute approximate surface area is 155 Å². The molecule has 0 heterocycles. The van der Waals surface area contributed by atoms with E-state index in [9.17, 15) is 14.4 Å². The zero-order valence-corrected chi connectivity index (χ0v) is 12.1. The number of hydrogen-bond acceptors (Lipinski definition) is 7. The summed E-state index contributed by atoms with van der Waals surface area (Å²) in [6.45, 7) is 3.26. The van der Waals surface area contributed by atoms with Gasteiger partial charge in [0, 0.05) is 17.7 Å². The van der Waals surface area contributed by atoms with Crippen LogP contribution in [0.5, 0.6) is 0 Å². The molecule has 0 bridgehead atoms. The first-order valence-electron chi connectivity index (χ1n) is 5.93. The molecule has 0 aliphatic rings. The molecule has 0 rings (SSSR count). The summed E-state index contributed by atoms with van der Waals surface area (Å²) in [5.74, 6) is -3.12. The van der Waals surface area contributed by atoms with Crippen molar-refractivity contribution >= 4 is 47.5 Å². The van der Waals surface area contributed by atoms with Crippen LogP contribution in [-0.2, 0) is 19.1 Å². The van der Waals surface area contributed by atoms with E-state index in [1.54, 1.807) is 0 Å². The van der Waals surface area contributed by atoms with E-state index in [4.69, 9.17) is 30.3 Å². The van der Waals surface area contributed by atoms with Gasteiger partial charge in [0.05, 0.1) is 25.2 Å². The SMILES string of the molecule is C=C(C)C(=O)OCC(CO)(CO)CO.O=C(O)/C=C\C(=O)O.[NaH]. The van der Waals surface area contributed by atoms with Crippen molar-refractivity contribution in [2.24, 2.45) is 5.41 Å². The zero-order chi connectivity index (χ0) is 17.8. The van der Waals surface area contributed by atoms with Crippen LogP contribution in [0.4, 0.5) is 0 Å². The summed E-state index contributed by atoms with van der Waals surface area (Å²) in [5, 5.41) is 42.3. The number of hydrogen-bond donors (Lipinski definition) is 5. The fourth-order valence-electron chi connectivity index (χ4n) is 0.771. The minimum atomic E-state index is -1.26. The van der Waals surface area contributed by atoms with Crippen LogP contribution in [0.1, 0.15) is 6.92 Å². The number of aliphatic hydroxyl groups excluding tert-OH is 3. The number of carbonyl (C=O) groups is 3. The van der Waals surface area contributed by atoms with E-state index in [1.807, 2.05) is 0 Å². The molecule has 128 valence electrons. The Kier molecular flexibility index (Phi) is 16.7. The Morgan fingerprint density at radius 1 is 1.00 bits per heavy atom. The molecule has 0 amide bonds. The molecule has 0 aliphatic heterocycles. The van der Waals surface area contributed by atoms with Crippen molar-refractivity contribution in [2.75, 3.05) is 26.4 Å². The number of carbonyl (C=O) groups excluding carboxylic acids is 1. The number of aliphatic carboxylic acids is 2. The van der Waals surface area contributed by atoms with Crippen molar-refractivity contribution in [1.29, 1.82) is 0 Å². The Morgan fingerprint density at radius 2 is 1.35 bits per heavy atom. The first-order chi connectivity index (χ1) is 10.1. The summed E-state index contributed by atoms with van der Waals surface area (Å²) in [4.78, 5) is 30.1. The summed E-state index contributed by atoms with van der Waals surface area (Å²) in [5.41, 5.74) is -0.946. The predicted molar refractivity (Wildman–Crippen MR) is 81.0 cm³/mol. The van der Waals surface area contributed by atoms with E-state index >= 15 is 0 Å². The van der Waals surface area contributed by atoms with Gasteiger partial charge in [0.2, 0.25) is 0 Å². The van der Waals surface area contributed by atoms with Crippen molar-refractivity contribution in [3.05, 3.63) is 24.3 Å². The number of esters is 1. The fourth-order valence-corrected chi connectivity index (χ4v) is 0.771. The molecule has 0 aromatic heterocycles. The molecule has 9 nitrogen and oxygen atoms in total. The minimum absolute atomic E-state index is 0. The zero-order valence-electron chi connectivity index (χ0n) is 12.1. The Bertz CT molecular complexity index is 403. The number of rotatable bonds is 8. The van der Waals surface area contributed by atoms with Crippen LogP contribution in [0, 0.1) is 5.41 Å². The maximum absolute atomic E-state index is 11.0. The standard InChI is InChI=1S/C9H16O5.C4H4O4.Na.H/c1-7(2)8(13)14-6-9(3-10,4-11)5-12;5-3(6)1-2-4(7)8;;/h10-12H,1,3-6H2,2H3;1-2H,(H,5,6)(H,7,8);;/b;2-1-;;. The van der Waals surface area contributed by atoms with Gasteiger partial charge in [0.25, 0.3) is 0 Å². The van der Waals surface area contributed by atoms with Gasteiger partial charge in [0.15, 0.2) is 0 Å². The van der Waals surface area contributed by atoms with Gasteiger partial charge in [-0.25, -0.2) is 14.4 Å². The molecule has 5 N–H and O–H groups in total. The molecule has 0 spiro atoms. The topological polar surface area (TPSA) is 162 Å². The number of carboxylic acid groups (broad SMARTS) is 2. The number of carboxylic acids is 2. The van der Waals surface area contributed by atoms with Crippen molar-refractivity contribution in [3.8, 4) is 0 Å². The molecule has 0 saturated heterocycles. The van der Waals surface area contributed by atoms with E-state index in [0.717, 1.165) is 0 Å². The molecule has 23 heavy (non-hydrogen) atoms. The summed E-state index contributed by atoms with van der Waals surface area (Å²) < 4.78 is 4.72. The first kappa shape index (κ1) is 26.7. The second-order valence-corrected chi connectivity index (χ2v) is 4.34. The number of aliphatic hydroxyl groups is 3. The van der Waals surface area contributed by atoms with E-state index in [0.29, 0.717) is 12.2 Å². The van der Waals surface area contributed by atoms with Crippen molar-refractivity contribution in [1.82, 2.24) is 0 Å². The summed E-state index contributed by atoms with van der Waals surface area (Å²) in [6.07, 6.45) is 1.12. The van der Waals surface area contributed by atoms with Crippen LogP contribution >= 0.6 is 0 Å². The fraction of sp³-hybridized carbons (Fsp3) is 0.462. The molecule has 10 heteroatoms. The van der Waals surface area contributed by atoms with Gasteiger partial charge in [-0.15, -0.1) is 0 Å². The van der Waals surface area contributed by atoms with E-state index in [2.05, 4.69) is 6.58 Å². The van der Waals surface area contributed by atoms with Crippen LogP contribution in [0.3, 0.4) is 0 Å². The summed E-state index contributed by atoms with van der Waals surface area (Å²) in [6, 6.07) is 0. The predicted octanol–water partition coefficient (Wildman–Crippen LogP) is -1.87. The van der Waals surface area contributed by atoms with E-state index < -0.39 is 43.1 Å². The number of ether oxygens (including phenoxy) is 1. The maximum atomic E-state index is 11.0. The molecule has 0 atom stereocenters. The average Bonchev–Trinajstić information content (AvgIpc) is 2.47. The normalized spacial score (nSPS) is 10.1. The molecule has 0 saturated carbocycles. The first-order valence-corrected chi connectivity index (χ1v) is 5.93. The molecule has 0 aromatic carbocycles. The quantitative estimate of drug-likeness (QED) is 0.193. The third kappa shape index (κ3) is 14.1. The summed E-state index contributed by atoms with van der Waals surface area (Å²) in [7, 11) is 0. The van der Waals surface area contributed by atoms with Gasteiger partial charge < -0.3 is 30.3 Å². The van der Waals surface area contributed by atoms with Gasteiger partial charge in [-0.3, -0.25) is 0 Å². The van der Waals surface area contributed by atoms with Crippen LogP contribution in [0.15, 0.2) is 24.3 Å². The Morgan fingerprint density at radius 3 is 1.57 bits per heavy atom. The second-order valence-electron chi connectivity index (χ2n) is 4.34. The molecule has 0 fully saturated rings. The van der Waals surface area contributed by atoms with Crippen molar-refractivity contribution in [3.63, 3.8) is 0 Å². The van der Waals surface area contributed by atoms with Crippen LogP contribution in [0.25, 0.3) is 0 Å². The van der Waals surface area contributed by atoms with Crippen molar-refractivity contribution < 1.29 is 44.7 Å². The van der Waals surface area contributed by atoms with Gasteiger partial charge >= 0.3 is 47.5 Å². The molecule has 0 aliphatic carbocycles. The van der Waals surface area contributed by atoms with Gasteiger partial charge in [-0.05, 0) is 6.92 Å². The van der Waals surface area contributed by atoms with E-state index in [1.165, 1.54) is 6.92 Å². The van der Waals surface area contributed by atoms with Gasteiger partial charge in [-0.1, -0.05) is 6.58 Å². The third-order valence-corrected chi connectivity index (χ3v) is 2.23. The van der Waals surface area contributed by atoms with Crippen LogP contribution in [0.2, 0.25) is 0 Å².